The van der Waals surface area contributed by atoms with E-state index in [1.54, 1.807) is 0 Å². The van der Waals surface area contributed by atoms with Crippen LogP contribution >= 0.6 is 0 Å². The Labute approximate surface area is 128 Å². The summed E-state index contributed by atoms with van der Waals surface area (Å²) < 4.78 is 1.50. The van der Waals surface area contributed by atoms with Gasteiger partial charge in [0.1, 0.15) is 19.2 Å². The average Bonchev–Trinajstić information content (AvgIpc) is 2.99. The fraction of sp³-hybridized carbons (Fsp3) is 0.500. The molecule has 1 aliphatic rings. The third-order valence-corrected chi connectivity index (χ3v) is 3.68. The maximum absolute atomic E-state index is 12.1. The molecule has 0 fully saturated rings. The molecule has 8 heteroatoms. The summed E-state index contributed by atoms with van der Waals surface area (Å²) in [6.45, 7) is 0.169. The first-order chi connectivity index (χ1) is 10.6. The second-order valence-electron chi connectivity index (χ2n) is 5.57. The largest absolute Gasteiger partial charge is 0.348 e. The van der Waals surface area contributed by atoms with Crippen molar-refractivity contribution in [3.05, 3.63) is 30.1 Å². The van der Waals surface area contributed by atoms with E-state index in [-0.39, 0.29) is 18.5 Å². The van der Waals surface area contributed by atoms with Crippen molar-refractivity contribution in [2.75, 3.05) is 19.0 Å². The Bertz CT molecular complexity index is 653. The minimum absolute atomic E-state index is 0.0315. The first-order valence-corrected chi connectivity index (χ1v) is 7.28. The standard InChI is InChI=1S/C14H19N7O/c1-20(2)14-16-6-10-11(4-3-5-12(10)19-14)18-13(22)7-21-9-15-8-17-21/h6,8-9,11H,3-5,7H2,1-2H3,(H,18,22). The monoisotopic (exact) mass is 301 g/mol. The lowest BCUT2D eigenvalue weighted by atomic mass is 9.92. The van der Waals surface area contributed by atoms with Gasteiger partial charge in [-0.25, -0.2) is 19.6 Å². The van der Waals surface area contributed by atoms with Gasteiger partial charge in [0.25, 0.3) is 0 Å². The Hall–Kier alpha value is -2.51. The number of aryl methyl sites for hydroxylation is 1. The van der Waals surface area contributed by atoms with Gasteiger partial charge in [-0.2, -0.15) is 5.10 Å². The first kappa shape index (κ1) is 14.4. The summed E-state index contributed by atoms with van der Waals surface area (Å²) in [7, 11) is 3.84. The van der Waals surface area contributed by atoms with Gasteiger partial charge in [0.05, 0.1) is 11.7 Å². The van der Waals surface area contributed by atoms with Crippen molar-refractivity contribution in [3.63, 3.8) is 0 Å². The zero-order valence-corrected chi connectivity index (χ0v) is 12.7. The van der Waals surface area contributed by atoms with Gasteiger partial charge in [0.15, 0.2) is 0 Å². The van der Waals surface area contributed by atoms with Gasteiger partial charge in [0.2, 0.25) is 11.9 Å². The van der Waals surface area contributed by atoms with E-state index in [0.29, 0.717) is 5.95 Å². The highest BCUT2D eigenvalue weighted by Gasteiger charge is 2.24. The minimum Gasteiger partial charge on any atom is -0.348 e. The molecule has 116 valence electrons. The van der Waals surface area contributed by atoms with Crippen LogP contribution < -0.4 is 10.2 Å². The molecule has 2 heterocycles. The topological polar surface area (TPSA) is 88.8 Å². The van der Waals surface area contributed by atoms with Crippen LogP contribution in [0.2, 0.25) is 0 Å². The van der Waals surface area contributed by atoms with Crippen molar-refractivity contribution in [2.45, 2.75) is 31.8 Å². The summed E-state index contributed by atoms with van der Waals surface area (Å²) in [5, 5.41) is 6.98. The van der Waals surface area contributed by atoms with E-state index in [1.807, 2.05) is 25.2 Å². The number of nitrogens with one attached hydrogen (secondary N) is 1. The van der Waals surface area contributed by atoms with Crippen LogP contribution in [0.3, 0.4) is 0 Å². The third-order valence-electron chi connectivity index (χ3n) is 3.68. The van der Waals surface area contributed by atoms with Crippen LogP contribution in [0, 0.1) is 0 Å². The number of rotatable bonds is 4. The lowest BCUT2D eigenvalue weighted by molar-refractivity contribution is -0.122. The van der Waals surface area contributed by atoms with E-state index in [1.165, 1.54) is 17.3 Å². The summed E-state index contributed by atoms with van der Waals surface area (Å²) in [6, 6.07) is -0.0315. The first-order valence-electron chi connectivity index (χ1n) is 7.28. The lowest BCUT2D eigenvalue weighted by Crippen LogP contribution is -2.34. The fourth-order valence-electron chi connectivity index (χ4n) is 2.60. The number of hydrogen-bond donors (Lipinski definition) is 1. The predicted octanol–water partition coefficient (Wildman–Crippen LogP) is 0.328. The number of fused-ring (bicyclic) bond motifs is 1. The molecular formula is C14H19N7O. The summed E-state index contributed by atoms with van der Waals surface area (Å²) in [5.41, 5.74) is 2.04. The Morgan fingerprint density at radius 2 is 2.36 bits per heavy atom. The van der Waals surface area contributed by atoms with Crippen LogP contribution in [0.1, 0.15) is 30.1 Å². The third kappa shape index (κ3) is 3.05. The van der Waals surface area contributed by atoms with Crippen molar-refractivity contribution in [2.24, 2.45) is 0 Å². The van der Waals surface area contributed by atoms with Crippen molar-refractivity contribution >= 4 is 11.9 Å². The summed E-state index contributed by atoms with van der Waals surface area (Å²) in [4.78, 5) is 26.8. The maximum Gasteiger partial charge on any atom is 0.242 e. The molecule has 2 aromatic heterocycles. The van der Waals surface area contributed by atoms with Crippen molar-refractivity contribution in [1.29, 1.82) is 0 Å². The number of anilines is 1. The predicted molar refractivity (Wildman–Crippen MR) is 80.2 cm³/mol. The quantitative estimate of drug-likeness (QED) is 0.875. The number of amides is 1. The Morgan fingerprint density at radius 1 is 1.50 bits per heavy atom. The number of hydrogen-bond acceptors (Lipinski definition) is 6. The molecule has 0 saturated carbocycles. The molecule has 1 unspecified atom stereocenters. The van der Waals surface area contributed by atoms with E-state index in [4.69, 9.17) is 0 Å². The summed E-state index contributed by atoms with van der Waals surface area (Å²) in [5.74, 6) is 0.619. The number of aromatic nitrogens is 5. The van der Waals surface area contributed by atoms with Crippen molar-refractivity contribution in [3.8, 4) is 0 Å². The highest BCUT2D eigenvalue weighted by Crippen LogP contribution is 2.28. The second-order valence-corrected chi connectivity index (χ2v) is 5.57. The fourth-order valence-corrected chi connectivity index (χ4v) is 2.60. The lowest BCUT2D eigenvalue weighted by Gasteiger charge is -2.26. The molecular weight excluding hydrogens is 282 g/mol. The van der Waals surface area contributed by atoms with Gasteiger partial charge in [-0.3, -0.25) is 4.79 Å². The molecule has 0 aliphatic heterocycles. The van der Waals surface area contributed by atoms with E-state index < -0.39 is 0 Å². The molecule has 1 N–H and O–H groups in total. The molecule has 1 amide bonds. The van der Waals surface area contributed by atoms with Crippen LogP contribution in [-0.2, 0) is 17.8 Å². The van der Waals surface area contributed by atoms with Crippen LogP contribution in [0.5, 0.6) is 0 Å². The highest BCUT2D eigenvalue weighted by atomic mass is 16.2. The smallest absolute Gasteiger partial charge is 0.242 e. The molecule has 1 atom stereocenters. The maximum atomic E-state index is 12.1. The normalized spacial score (nSPS) is 16.9. The molecule has 0 spiro atoms. The Morgan fingerprint density at radius 3 is 3.09 bits per heavy atom. The second kappa shape index (κ2) is 6.08. The van der Waals surface area contributed by atoms with Crippen LogP contribution in [0.4, 0.5) is 5.95 Å². The van der Waals surface area contributed by atoms with Gasteiger partial charge in [0, 0.05) is 25.9 Å². The van der Waals surface area contributed by atoms with Crippen LogP contribution in [0.25, 0.3) is 0 Å². The Balaban J connectivity index is 1.72. The highest BCUT2D eigenvalue weighted by molar-refractivity contribution is 5.76. The zero-order chi connectivity index (χ0) is 15.5. The molecule has 0 saturated heterocycles. The average molecular weight is 301 g/mol. The summed E-state index contributed by atoms with van der Waals surface area (Å²) >= 11 is 0. The van der Waals surface area contributed by atoms with Gasteiger partial charge in [-0.05, 0) is 19.3 Å². The number of carbonyl (C=O) groups excluding carboxylic acids is 1. The molecule has 2 aromatic rings. The van der Waals surface area contributed by atoms with Gasteiger partial charge < -0.3 is 10.2 Å². The van der Waals surface area contributed by atoms with Gasteiger partial charge >= 0.3 is 0 Å². The minimum atomic E-state index is -0.0833. The molecule has 22 heavy (non-hydrogen) atoms. The van der Waals surface area contributed by atoms with Crippen molar-refractivity contribution in [1.82, 2.24) is 30.0 Å². The molecule has 8 nitrogen and oxygen atoms in total. The SMILES string of the molecule is CN(C)c1ncc2c(n1)CCCC2NC(=O)Cn1cncn1. The van der Waals surface area contributed by atoms with E-state index in [2.05, 4.69) is 25.4 Å². The van der Waals surface area contributed by atoms with Gasteiger partial charge in [-0.15, -0.1) is 0 Å². The molecule has 3 rings (SSSR count). The molecule has 0 bridgehead atoms. The number of nitrogens with zero attached hydrogens (tertiary/aromatic N) is 6. The van der Waals surface area contributed by atoms with E-state index >= 15 is 0 Å². The van der Waals surface area contributed by atoms with Crippen LogP contribution in [-0.4, -0.2) is 44.7 Å². The molecule has 0 aromatic carbocycles. The van der Waals surface area contributed by atoms with Crippen LogP contribution in [0.15, 0.2) is 18.9 Å². The number of carbonyl (C=O) groups is 1. The van der Waals surface area contributed by atoms with E-state index in [9.17, 15) is 4.79 Å². The molecule has 0 radical (unpaired) electrons. The molecule has 1 aliphatic carbocycles. The summed E-state index contributed by atoms with van der Waals surface area (Å²) in [6.07, 6.45) is 7.61. The van der Waals surface area contributed by atoms with Crippen molar-refractivity contribution < 1.29 is 4.79 Å². The van der Waals surface area contributed by atoms with E-state index in [0.717, 1.165) is 30.5 Å². The van der Waals surface area contributed by atoms with Gasteiger partial charge in [-0.1, -0.05) is 0 Å². The zero-order valence-electron chi connectivity index (χ0n) is 12.7. The Kier molecular flexibility index (Phi) is 3.99.